The molecule has 0 fully saturated rings. The largest absolute Gasteiger partial charge is 0.383 e. The molecule has 15 heavy (non-hydrogen) atoms. The number of nitrogens with one attached hydrogen (secondary N) is 2. The molecule has 0 aromatic carbocycles. The number of nitrogens with zero attached hydrogens (tertiary/aromatic N) is 1. The van der Waals surface area contributed by atoms with Gasteiger partial charge in [0.15, 0.2) is 5.82 Å². The van der Waals surface area contributed by atoms with Crippen molar-refractivity contribution in [2.24, 2.45) is 5.73 Å². The Labute approximate surface area is 87.9 Å². The van der Waals surface area contributed by atoms with Crippen LogP contribution in [0.15, 0.2) is 17.2 Å². The van der Waals surface area contributed by atoms with Gasteiger partial charge in [-0.05, 0) is 13.0 Å². The third-order valence-electron chi connectivity index (χ3n) is 1.93. The van der Waals surface area contributed by atoms with Gasteiger partial charge >= 0.3 is 0 Å². The lowest BCUT2D eigenvalue weighted by atomic mass is 10.2. The summed E-state index contributed by atoms with van der Waals surface area (Å²) in [5.41, 5.74) is 5.21. The first-order valence-electron chi connectivity index (χ1n) is 4.77. The fraction of sp³-hybridized carbons (Fsp3) is 0.556. The number of hydrogen-bond acceptors (Lipinski definition) is 5. The highest BCUT2D eigenvalue weighted by atomic mass is 16.5. The summed E-state index contributed by atoms with van der Waals surface area (Å²) in [7, 11) is 1.61. The van der Waals surface area contributed by atoms with Crippen LogP contribution in [0.2, 0.25) is 0 Å². The Bertz CT molecular complexity index is 333. The molecule has 0 spiro atoms. The monoisotopic (exact) mass is 212 g/mol. The molecule has 0 bridgehead atoms. The third kappa shape index (κ3) is 3.69. The van der Waals surface area contributed by atoms with E-state index in [1.807, 2.05) is 0 Å². The zero-order chi connectivity index (χ0) is 11.1. The van der Waals surface area contributed by atoms with Gasteiger partial charge in [0.1, 0.15) is 0 Å². The van der Waals surface area contributed by atoms with Crippen molar-refractivity contribution in [1.29, 1.82) is 0 Å². The zero-order valence-electron chi connectivity index (χ0n) is 8.69. The molecule has 0 aliphatic carbocycles. The molecule has 1 heterocycles. The van der Waals surface area contributed by atoms with Gasteiger partial charge in [0.2, 0.25) is 0 Å². The minimum atomic E-state index is -0.240. The Morgan fingerprint density at radius 3 is 3.13 bits per heavy atom. The maximum Gasteiger partial charge on any atom is 0.290 e. The second-order valence-corrected chi connectivity index (χ2v) is 3.14. The molecule has 4 N–H and O–H groups in total. The van der Waals surface area contributed by atoms with Crippen molar-refractivity contribution in [2.45, 2.75) is 12.5 Å². The lowest BCUT2D eigenvalue weighted by molar-refractivity contribution is 0.183. The summed E-state index contributed by atoms with van der Waals surface area (Å²) in [4.78, 5) is 17.8. The lowest BCUT2D eigenvalue weighted by Crippen LogP contribution is -2.31. The summed E-state index contributed by atoms with van der Waals surface area (Å²) in [6.45, 7) is 1.03. The van der Waals surface area contributed by atoms with E-state index < -0.39 is 0 Å². The zero-order valence-corrected chi connectivity index (χ0v) is 8.69. The van der Waals surface area contributed by atoms with Crippen LogP contribution in [0.3, 0.4) is 0 Å². The summed E-state index contributed by atoms with van der Waals surface area (Å²) < 4.78 is 5.01. The number of rotatable bonds is 6. The summed E-state index contributed by atoms with van der Waals surface area (Å²) >= 11 is 0. The van der Waals surface area contributed by atoms with Gasteiger partial charge in [0.25, 0.3) is 5.56 Å². The highest BCUT2D eigenvalue weighted by Crippen LogP contribution is 1.99. The van der Waals surface area contributed by atoms with Gasteiger partial charge in [-0.15, -0.1) is 0 Å². The average Bonchev–Trinajstić information content (AvgIpc) is 2.22. The van der Waals surface area contributed by atoms with E-state index in [9.17, 15) is 4.79 Å². The van der Waals surface area contributed by atoms with E-state index in [4.69, 9.17) is 10.5 Å². The predicted molar refractivity (Wildman–Crippen MR) is 57.8 cm³/mol. The molecule has 6 heteroatoms. The first kappa shape index (κ1) is 11.7. The molecule has 0 aliphatic heterocycles. The number of hydrogen-bond donors (Lipinski definition) is 3. The number of aromatic nitrogens is 2. The van der Waals surface area contributed by atoms with Crippen molar-refractivity contribution >= 4 is 5.82 Å². The van der Waals surface area contributed by atoms with Gasteiger partial charge in [-0.25, -0.2) is 4.98 Å². The Morgan fingerprint density at radius 2 is 2.53 bits per heavy atom. The van der Waals surface area contributed by atoms with Crippen LogP contribution in [0.4, 0.5) is 5.82 Å². The number of ether oxygens (including phenoxy) is 1. The highest BCUT2D eigenvalue weighted by molar-refractivity contribution is 5.31. The number of anilines is 1. The van der Waals surface area contributed by atoms with E-state index in [1.165, 1.54) is 12.4 Å². The van der Waals surface area contributed by atoms with Crippen molar-refractivity contribution in [3.63, 3.8) is 0 Å². The van der Waals surface area contributed by atoms with E-state index in [1.54, 1.807) is 7.11 Å². The Kier molecular flexibility index (Phi) is 4.79. The molecule has 0 radical (unpaired) electrons. The van der Waals surface area contributed by atoms with Crippen LogP contribution in [-0.2, 0) is 4.74 Å². The van der Waals surface area contributed by atoms with Gasteiger partial charge in [-0.1, -0.05) is 0 Å². The normalized spacial score (nSPS) is 12.4. The maximum atomic E-state index is 11.3. The first-order valence-corrected chi connectivity index (χ1v) is 4.77. The summed E-state index contributed by atoms with van der Waals surface area (Å²) in [5, 5.41) is 2.99. The SMILES string of the molecule is COCC(CCN)Nc1ncc[nH]c1=O. The topological polar surface area (TPSA) is 93.0 Å². The van der Waals surface area contributed by atoms with E-state index >= 15 is 0 Å². The fourth-order valence-electron chi connectivity index (χ4n) is 1.25. The van der Waals surface area contributed by atoms with Crippen LogP contribution in [0.25, 0.3) is 0 Å². The molecule has 1 aromatic rings. The molecule has 1 atom stereocenters. The van der Waals surface area contributed by atoms with E-state index in [0.717, 1.165) is 6.42 Å². The standard InChI is InChI=1S/C9H16N4O2/c1-15-6-7(2-3-10)13-8-9(14)12-5-4-11-8/h4-5,7H,2-3,6,10H2,1H3,(H,11,13)(H,12,14). The second kappa shape index (κ2) is 6.15. The van der Waals surface area contributed by atoms with E-state index in [2.05, 4.69) is 15.3 Å². The quantitative estimate of drug-likeness (QED) is 0.593. The maximum absolute atomic E-state index is 11.3. The molecule has 1 rings (SSSR count). The molecular weight excluding hydrogens is 196 g/mol. The highest BCUT2D eigenvalue weighted by Gasteiger charge is 2.09. The van der Waals surface area contributed by atoms with Crippen LogP contribution >= 0.6 is 0 Å². The van der Waals surface area contributed by atoms with Crippen molar-refractivity contribution < 1.29 is 4.74 Å². The molecular formula is C9H16N4O2. The molecule has 1 aromatic heterocycles. The summed E-state index contributed by atoms with van der Waals surface area (Å²) in [6.07, 6.45) is 3.74. The van der Waals surface area contributed by atoms with Crippen LogP contribution in [-0.4, -0.2) is 36.3 Å². The number of H-pyrrole nitrogens is 1. The molecule has 0 saturated heterocycles. The number of aromatic amines is 1. The minimum Gasteiger partial charge on any atom is -0.383 e. The van der Waals surface area contributed by atoms with Crippen molar-refractivity contribution in [1.82, 2.24) is 9.97 Å². The Morgan fingerprint density at radius 1 is 1.73 bits per heavy atom. The lowest BCUT2D eigenvalue weighted by Gasteiger charge is -2.16. The van der Waals surface area contributed by atoms with E-state index in [0.29, 0.717) is 19.0 Å². The van der Waals surface area contributed by atoms with Crippen molar-refractivity contribution in [3.8, 4) is 0 Å². The van der Waals surface area contributed by atoms with E-state index in [-0.39, 0.29) is 11.6 Å². The van der Waals surface area contributed by atoms with Gasteiger partial charge in [0, 0.05) is 19.5 Å². The van der Waals surface area contributed by atoms with Crippen LogP contribution in [0.1, 0.15) is 6.42 Å². The fourth-order valence-corrected chi connectivity index (χ4v) is 1.25. The van der Waals surface area contributed by atoms with Crippen molar-refractivity contribution in [3.05, 3.63) is 22.7 Å². The first-order chi connectivity index (χ1) is 7.27. The van der Waals surface area contributed by atoms with Gasteiger partial charge in [-0.3, -0.25) is 4.79 Å². The van der Waals surface area contributed by atoms with Crippen molar-refractivity contribution in [2.75, 3.05) is 25.6 Å². The van der Waals surface area contributed by atoms with Crippen LogP contribution in [0, 0.1) is 0 Å². The Balaban J connectivity index is 2.65. The molecule has 0 amide bonds. The average molecular weight is 212 g/mol. The predicted octanol–water partition coefficient (Wildman–Crippen LogP) is -0.454. The van der Waals surface area contributed by atoms with Gasteiger partial charge < -0.3 is 20.8 Å². The minimum absolute atomic E-state index is 0.0102. The molecule has 1 unspecified atom stereocenters. The smallest absolute Gasteiger partial charge is 0.290 e. The second-order valence-electron chi connectivity index (χ2n) is 3.14. The van der Waals surface area contributed by atoms with Gasteiger partial charge in [-0.2, -0.15) is 0 Å². The van der Waals surface area contributed by atoms with Gasteiger partial charge in [0.05, 0.1) is 12.6 Å². The van der Waals surface area contributed by atoms with Crippen LogP contribution in [0.5, 0.6) is 0 Å². The summed E-state index contributed by atoms with van der Waals surface area (Å²) in [5.74, 6) is 0.299. The number of nitrogens with two attached hydrogens (primary N) is 1. The molecule has 0 aliphatic rings. The number of methoxy groups -OCH3 is 1. The van der Waals surface area contributed by atoms with Crippen LogP contribution < -0.4 is 16.6 Å². The molecule has 6 nitrogen and oxygen atoms in total. The Hall–Kier alpha value is -1.40. The summed E-state index contributed by atoms with van der Waals surface area (Å²) in [6, 6.07) is 0.0102. The third-order valence-corrected chi connectivity index (χ3v) is 1.93. The molecule has 0 saturated carbocycles. The molecule has 84 valence electrons.